The molecule has 0 heterocycles. The van der Waals surface area contributed by atoms with Gasteiger partial charge in [-0.05, 0) is 59.2 Å². The van der Waals surface area contributed by atoms with Gasteiger partial charge in [0.25, 0.3) is 0 Å². The number of alkyl halides is 1. The first kappa shape index (κ1) is 29.3. The van der Waals surface area contributed by atoms with Crippen LogP contribution in [0.5, 0.6) is 0 Å². The number of carboxylic acids is 2. The van der Waals surface area contributed by atoms with Crippen molar-refractivity contribution in [1.82, 2.24) is 0 Å². The Hall–Kier alpha value is -4.23. The molecule has 5 rings (SSSR count). The van der Waals surface area contributed by atoms with Crippen molar-refractivity contribution in [2.45, 2.75) is 17.0 Å². The molecule has 0 aromatic heterocycles. The van der Waals surface area contributed by atoms with Gasteiger partial charge < -0.3 is 20.8 Å². The highest BCUT2D eigenvalue weighted by Crippen LogP contribution is 2.46. The van der Waals surface area contributed by atoms with Crippen LogP contribution in [0.2, 0.25) is 10.0 Å². The fraction of sp³-hybridized carbons (Fsp3) is 0.0909. The lowest BCUT2D eigenvalue weighted by Crippen LogP contribution is -2.45. The van der Waals surface area contributed by atoms with Crippen molar-refractivity contribution in [3.63, 3.8) is 0 Å². The fourth-order valence-corrected chi connectivity index (χ4v) is 5.78. The smallest absolute Gasteiger partial charge is 0.337 e. The summed E-state index contributed by atoms with van der Waals surface area (Å²) >= 11 is 19.7. The second-order valence-electron chi connectivity index (χ2n) is 9.81. The SMILES string of the molecule is O=C(O)c1cc(NC2(Nc3ccc(Cl)c(C(=O)O)c3)C=CC(C(Cl)(c3ccccc3)c3ccccc3)=CC2)ccc1Cl. The third-order valence-electron chi connectivity index (χ3n) is 7.06. The maximum atomic E-state index is 11.8. The number of hydrogen-bond donors (Lipinski definition) is 4. The maximum absolute atomic E-state index is 11.8. The zero-order valence-corrected chi connectivity index (χ0v) is 24.3. The van der Waals surface area contributed by atoms with E-state index >= 15 is 0 Å². The maximum Gasteiger partial charge on any atom is 0.337 e. The normalized spacial score (nSPS) is 14.1. The van der Waals surface area contributed by atoms with Gasteiger partial charge in [0.2, 0.25) is 0 Å². The zero-order valence-electron chi connectivity index (χ0n) is 22.0. The topological polar surface area (TPSA) is 98.7 Å². The molecule has 0 atom stereocenters. The van der Waals surface area contributed by atoms with E-state index < -0.39 is 22.5 Å². The molecule has 9 heteroatoms. The number of carboxylic acid groups (broad SMARTS) is 2. The molecule has 0 fully saturated rings. The first-order chi connectivity index (χ1) is 20.1. The van der Waals surface area contributed by atoms with Crippen molar-refractivity contribution >= 4 is 58.1 Å². The minimum absolute atomic E-state index is 0.0552. The Bertz CT molecular complexity index is 1600. The standard InChI is InChI=1S/C33H25Cl3N2O4/c34-28-13-11-24(19-26(28)30(39)40)37-32(38-25-12-14-29(35)27(20-25)31(41)42)17-15-23(16-18-32)33(36,21-7-3-1-4-8-21)22-9-5-2-6-10-22/h1-17,19-20,37-38H,18H2,(H,39,40)(H,41,42). The lowest BCUT2D eigenvalue weighted by Gasteiger charge is -2.39. The molecule has 6 nitrogen and oxygen atoms in total. The zero-order chi connectivity index (χ0) is 29.9. The van der Waals surface area contributed by atoms with Crippen molar-refractivity contribution in [2.75, 3.05) is 10.6 Å². The molecule has 1 aliphatic carbocycles. The second-order valence-corrected chi connectivity index (χ2v) is 11.2. The third kappa shape index (κ3) is 5.88. The van der Waals surface area contributed by atoms with E-state index in [0.29, 0.717) is 17.8 Å². The molecule has 4 N–H and O–H groups in total. The molecular formula is C33H25Cl3N2O4. The molecule has 0 bridgehead atoms. The van der Waals surface area contributed by atoms with E-state index in [2.05, 4.69) is 10.6 Å². The van der Waals surface area contributed by atoms with Crippen LogP contribution in [0.25, 0.3) is 0 Å². The molecule has 0 unspecified atom stereocenters. The van der Waals surface area contributed by atoms with Gasteiger partial charge in [0.05, 0.1) is 21.2 Å². The summed E-state index contributed by atoms with van der Waals surface area (Å²) < 4.78 is 0. The predicted octanol–water partition coefficient (Wildman–Crippen LogP) is 8.68. The molecule has 4 aromatic rings. The van der Waals surface area contributed by atoms with Gasteiger partial charge in [-0.2, -0.15) is 0 Å². The third-order valence-corrected chi connectivity index (χ3v) is 8.37. The molecule has 42 heavy (non-hydrogen) atoms. The number of aromatic carboxylic acids is 2. The Kier molecular flexibility index (Phi) is 8.32. The summed E-state index contributed by atoms with van der Waals surface area (Å²) in [6, 6.07) is 28.8. The quantitative estimate of drug-likeness (QED) is 0.111. The number of rotatable bonds is 9. The summed E-state index contributed by atoms with van der Waals surface area (Å²) in [5.74, 6) is -2.32. The predicted molar refractivity (Wildman–Crippen MR) is 168 cm³/mol. The summed E-state index contributed by atoms with van der Waals surface area (Å²) in [7, 11) is 0. The van der Waals surface area contributed by atoms with Gasteiger partial charge in [-0.3, -0.25) is 0 Å². The first-order valence-corrected chi connectivity index (χ1v) is 14.1. The van der Waals surface area contributed by atoms with Gasteiger partial charge in [-0.15, -0.1) is 11.6 Å². The molecule has 4 aromatic carbocycles. The van der Waals surface area contributed by atoms with Crippen LogP contribution < -0.4 is 10.6 Å². The van der Waals surface area contributed by atoms with Crippen molar-refractivity contribution in [1.29, 1.82) is 0 Å². The average molecular weight is 620 g/mol. The lowest BCUT2D eigenvalue weighted by atomic mass is 9.80. The molecule has 0 radical (unpaired) electrons. The Labute approximate surface area is 257 Å². The summed E-state index contributed by atoms with van der Waals surface area (Å²) in [4.78, 5) is 22.5. The van der Waals surface area contributed by atoms with Gasteiger partial charge in [0.1, 0.15) is 10.5 Å². The van der Waals surface area contributed by atoms with Crippen LogP contribution >= 0.6 is 34.8 Å². The van der Waals surface area contributed by atoms with Crippen LogP contribution in [0.15, 0.2) is 121 Å². The number of allylic oxidation sites excluding steroid dienone is 2. The highest BCUT2D eigenvalue weighted by Gasteiger charge is 2.38. The Balaban J connectivity index is 1.58. The number of halogens is 3. The first-order valence-electron chi connectivity index (χ1n) is 12.9. The highest BCUT2D eigenvalue weighted by atomic mass is 35.5. The number of nitrogens with one attached hydrogen (secondary N) is 2. The van der Waals surface area contributed by atoms with Gasteiger partial charge in [-0.1, -0.05) is 96.0 Å². The van der Waals surface area contributed by atoms with E-state index in [1.807, 2.05) is 78.9 Å². The monoisotopic (exact) mass is 618 g/mol. The van der Waals surface area contributed by atoms with E-state index in [-0.39, 0.29) is 21.2 Å². The molecule has 212 valence electrons. The molecule has 0 aliphatic heterocycles. The van der Waals surface area contributed by atoms with E-state index in [9.17, 15) is 19.8 Å². The van der Waals surface area contributed by atoms with Gasteiger partial charge in [-0.25, -0.2) is 9.59 Å². The van der Waals surface area contributed by atoms with E-state index in [0.717, 1.165) is 16.7 Å². The average Bonchev–Trinajstić information content (AvgIpc) is 3.00. The van der Waals surface area contributed by atoms with Crippen molar-refractivity contribution < 1.29 is 19.8 Å². The van der Waals surface area contributed by atoms with Gasteiger partial charge >= 0.3 is 11.9 Å². The van der Waals surface area contributed by atoms with E-state index in [1.54, 1.807) is 12.1 Å². The Morgan fingerprint density at radius 2 is 1.17 bits per heavy atom. The van der Waals surface area contributed by atoms with Crippen LogP contribution in [-0.2, 0) is 4.87 Å². The molecule has 0 saturated heterocycles. The molecular weight excluding hydrogens is 595 g/mol. The van der Waals surface area contributed by atoms with Crippen LogP contribution in [0.3, 0.4) is 0 Å². The van der Waals surface area contributed by atoms with Gasteiger partial charge in [0.15, 0.2) is 0 Å². The molecule has 1 aliphatic rings. The summed E-state index contributed by atoms with van der Waals surface area (Å²) in [5, 5.41) is 26.2. The van der Waals surface area contributed by atoms with Gasteiger partial charge in [0, 0.05) is 17.8 Å². The van der Waals surface area contributed by atoms with Crippen LogP contribution in [0, 0.1) is 0 Å². The number of anilines is 2. The lowest BCUT2D eigenvalue weighted by molar-refractivity contribution is 0.0686. The Morgan fingerprint density at radius 1 is 0.714 bits per heavy atom. The van der Waals surface area contributed by atoms with Crippen molar-refractivity contribution in [3.05, 3.63) is 153 Å². The number of carbonyl (C=O) groups is 2. The van der Waals surface area contributed by atoms with E-state index in [4.69, 9.17) is 34.8 Å². The van der Waals surface area contributed by atoms with E-state index in [1.165, 1.54) is 24.3 Å². The Morgan fingerprint density at radius 3 is 1.55 bits per heavy atom. The van der Waals surface area contributed by atoms with Crippen molar-refractivity contribution in [2.24, 2.45) is 0 Å². The summed E-state index contributed by atoms with van der Waals surface area (Å²) in [6.07, 6.45) is 6.17. The molecule has 0 amide bonds. The number of benzene rings is 4. The summed E-state index contributed by atoms with van der Waals surface area (Å²) in [5.41, 5.74) is 2.49. The van der Waals surface area contributed by atoms with Crippen LogP contribution in [0.1, 0.15) is 38.3 Å². The minimum atomic E-state index is -1.16. The molecule has 0 spiro atoms. The van der Waals surface area contributed by atoms with Crippen LogP contribution in [0.4, 0.5) is 11.4 Å². The van der Waals surface area contributed by atoms with Crippen LogP contribution in [-0.4, -0.2) is 27.8 Å². The second kappa shape index (κ2) is 11.9. The fourth-order valence-electron chi connectivity index (χ4n) is 5.00. The van der Waals surface area contributed by atoms with Crippen molar-refractivity contribution in [3.8, 4) is 0 Å². The largest absolute Gasteiger partial charge is 0.478 e. The number of hydrogen-bond acceptors (Lipinski definition) is 4. The summed E-state index contributed by atoms with van der Waals surface area (Å²) in [6.45, 7) is 0. The molecule has 0 saturated carbocycles. The highest BCUT2D eigenvalue weighted by molar-refractivity contribution is 6.34. The minimum Gasteiger partial charge on any atom is -0.478 e.